The summed E-state index contributed by atoms with van der Waals surface area (Å²) in [7, 11) is 0. The maximum atomic E-state index is 12.4. The van der Waals surface area contributed by atoms with Crippen LogP contribution in [0.5, 0.6) is 0 Å². The van der Waals surface area contributed by atoms with Crippen LogP contribution in [0.1, 0.15) is 30.4 Å². The molecule has 1 aromatic rings. The molecule has 1 saturated heterocycles. The predicted molar refractivity (Wildman–Crippen MR) is 92.2 cm³/mol. The van der Waals surface area contributed by atoms with Crippen molar-refractivity contribution in [2.24, 2.45) is 0 Å². The zero-order valence-corrected chi connectivity index (χ0v) is 15.5. The highest BCUT2D eigenvalue weighted by Gasteiger charge is 2.26. The summed E-state index contributed by atoms with van der Waals surface area (Å²) < 4.78 is 0.904. The molecule has 1 aromatic heterocycles. The number of nitrogens with zero attached hydrogens (tertiary/aromatic N) is 2. The highest BCUT2D eigenvalue weighted by Crippen LogP contribution is 2.22. The van der Waals surface area contributed by atoms with Crippen LogP contribution >= 0.6 is 27.3 Å². The summed E-state index contributed by atoms with van der Waals surface area (Å²) in [5.41, 5.74) is 0. The quantitative estimate of drug-likeness (QED) is 0.861. The second-order valence-electron chi connectivity index (χ2n) is 5.75. The molecule has 2 rings (SSSR count). The van der Waals surface area contributed by atoms with E-state index in [0.29, 0.717) is 10.9 Å². The van der Waals surface area contributed by atoms with E-state index >= 15 is 0 Å². The average Bonchev–Trinajstić information content (AvgIpc) is 2.93. The van der Waals surface area contributed by atoms with Gasteiger partial charge in [0.05, 0.1) is 8.66 Å². The van der Waals surface area contributed by atoms with Crippen molar-refractivity contribution >= 4 is 39.1 Å². The minimum Gasteiger partial charge on any atom is -0.340 e. The number of hydrogen-bond acceptors (Lipinski definition) is 4. The van der Waals surface area contributed by atoms with Gasteiger partial charge in [0.2, 0.25) is 5.91 Å². The van der Waals surface area contributed by atoms with Gasteiger partial charge in [-0.2, -0.15) is 0 Å². The van der Waals surface area contributed by atoms with Crippen molar-refractivity contribution in [3.63, 3.8) is 0 Å². The van der Waals surface area contributed by atoms with Gasteiger partial charge in [-0.1, -0.05) is 0 Å². The Morgan fingerprint density at radius 2 is 1.82 bits per heavy atom. The summed E-state index contributed by atoms with van der Waals surface area (Å²) in [6, 6.07) is 3.59. The molecule has 1 atom stereocenters. The number of piperazine rings is 1. The van der Waals surface area contributed by atoms with Crippen molar-refractivity contribution in [3.8, 4) is 0 Å². The van der Waals surface area contributed by atoms with Crippen molar-refractivity contribution in [3.05, 3.63) is 20.8 Å². The number of thiophene rings is 1. The van der Waals surface area contributed by atoms with Crippen LogP contribution in [0.15, 0.2) is 15.9 Å². The van der Waals surface area contributed by atoms with Gasteiger partial charge in [-0.15, -0.1) is 11.3 Å². The molecule has 22 heavy (non-hydrogen) atoms. The Morgan fingerprint density at radius 3 is 2.32 bits per heavy atom. The molecule has 122 valence electrons. The molecule has 1 fully saturated rings. The van der Waals surface area contributed by atoms with Crippen molar-refractivity contribution in [2.45, 2.75) is 32.9 Å². The fourth-order valence-corrected chi connectivity index (χ4v) is 3.79. The molecular formula is C15H22BrN3O2S. The molecule has 1 aliphatic heterocycles. The molecular weight excluding hydrogens is 366 g/mol. The minimum absolute atomic E-state index is 0.00706. The van der Waals surface area contributed by atoms with E-state index in [1.54, 1.807) is 13.0 Å². The van der Waals surface area contributed by atoms with Crippen molar-refractivity contribution in [1.82, 2.24) is 15.1 Å². The topological polar surface area (TPSA) is 52.7 Å². The fraction of sp³-hybridized carbons (Fsp3) is 0.600. The van der Waals surface area contributed by atoms with E-state index in [9.17, 15) is 9.59 Å². The van der Waals surface area contributed by atoms with E-state index in [1.165, 1.54) is 11.3 Å². The lowest BCUT2D eigenvalue weighted by molar-refractivity contribution is -0.134. The number of halogens is 1. The van der Waals surface area contributed by atoms with Crippen molar-refractivity contribution < 1.29 is 9.59 Å². The molecule has 0 bridgehead atoms. The Balaban J connectivity index is 1.86. The monoisotopic (exact) mass is 387 g/mol. The molecule has 0 aliphatic carbocycles. The van der Waals surface area contributed by atoms with Crippen LogP contribution in [0, 0.1) is 0 Å². The Labute approximate surface area is 143 Å². The smallest absolute Gasteiger partial charge is 0.262 e. The number of rotatable bonds is 4. The van der Waals surface area contributed by atoms with Crippen molar-refractivity contribution in [2.75, 3.05) is 26.2 Å². The Hall–Kier alpha value is -0.920. The van der Waals surface area contributed by atoms with Crippen molar-refractivity contribution in [1.29, 1.82) is 0 Å². The highest BCUT2D eigenvalue weighted by atomic mass is 79.9. The summed E-state index contributed by atoms with van der Waals surface area (Å²) in [6.45, 7) is 9.31. The van der Waals surface area contributed by atoms with Gasteiger partial charge in [-0.05, 0) is 48.8 Å². The van der Waals surface area contributed by atoms with E-state index in [0.717, 1.165) is 30.0 Å². The first-order valence-electron chi connectivity index (χ1n) is 7.47. The van der Waals surface area contributed by atoms with Crippen LogP contribution in [0.2, 0.25) is 0 Å². The molecule has 7 heteroatoms. The molecule has 0 spiro atoms. The predicted octanol–water partition coefficient (Wildman–Crippen LogP) is 2.18. The third kappa shape index (κ3) is 4.30. The zero-order chi connectivity index (χ0) is 16.3. The molecule has 0 saturated carbocycles. The first kappa shape index (κ1) is 17.4. The molecule has 2 amide bonds. The number of carbonyl (C=O) groups excluding carboxylic acids is 2. The molecule has 0 aromatic carbocycles. The van der Waals surface area contributed by atoms with Gasteiger partial charge in [-0.3, -0.25) is 14.5 Å². The number of amides is 2. The number of hydrogen-bond donors (Lipinski definition) is 1. The van der Waals surface area contributed by atoms with Gasteiger partial charge in [0.1, 0.15) is 6.04 Å². The fourth-order valence-electron chi connectivity index (χ4n) is 2.50. The van der Waals surface area contributed by atoms with Gasteiger partial charge in [-0.25, -0.2) is 0 Å². The van der Waals surface area contributed by atoms with Gasteiger partial charge in [0, 0.05) is 32.2 Å². The SMILES string of the molecule is CC(NC(=O)c1ccc(Br)s1)C(=O)N1CCN(C(C)C)CC1. The summed E-state index contributed by atoms with van der Waals surface area (Å²) in [6.07, 6.45) is 0. The lowest BCUT2D eigenvalue weighted by Gasteiger charge is -2.37. The highest BCUT2D eigenvalue weighted by molar-refractivity contribution is 9.11. The first-order chi connectivity index (χ1) is 10.4. The third-order valence-electron chi connectivity index (χ3n) is 3.87. The zero-order valence-electron chi connectivity index (χ0n) is 13.1. The summed E-state index contributed by atoms with van der Waals surface area (Å²) in [4.78, 5) is 29.3. The molecule has 2 heterocycles. The summed E-state index contributed by atoms with van der Waals surface area (Å²) >= 11 is 4.70. The second-order valence-corrected chi connectivity index (χ2v) is 8.22. The lowest BCUT2D eigenvalue weighted by atomic mass is 10.2. The lowest BCUT2D eigenvalue weighted by Crippen LogP contribution is -2.55. The third-order valence-corrected chi connectivity index (χ3v) is 5.49. The van der Waals surface area contributed by atoms with Gasteiger partial charge >= 0.3 is 0 Å². The van der Waals surface area contributed by atoms with E-state index in [2.05, 4.69) is 40.0 Å². The molecule has 1 N–H and O–H groups in total. The number of nitrogens with one attached hydrogen (secondary N) is 1. The van der Waals surface area contributed by atoms with E-state index < -0.39 is 6.04 Å². The maximum absolute atomic E-state index is 12.4. The molecule has 1 aliphatic rings. The average molecular weight is 388 g/mol. The van der Waals surface area contributed by atoms with Crippen LogP contribution < -0.4 is 5.32 Å². The Morgan fingerprint density at radius 1 is 1.18 bits per heavy atom. The molecule has 0 radical (unpaired) electrons. The normalized spacial score (nSPS) is 17.6. The maximum Gasteiger partial charge on any atom is 0.262 e. The Kier molecular flexibility index (Phi) is 6.00. The minimum atomic E-state index is -0.501. The summed E-state index contributed by atoms with van der Waals surface area (Å²) in [5.74, 6) is -0.204. The largest absolute Gasteiger partial charge is 0.340 e. The van der Waals surface area contributed by atoms with Gasteiger partial charge in [0.25, 0.3) is 5.91 Å². The Bertz CT molecular complexity index is 539. The van der Waals surface area contributed by atoms with Crippen LogP contribution in [0.4, 0.5) is 0 Å². The summed E-state index contributed by atoms with van der Waals surface area (Å²) in [5, 5.41) is 2.79. The standard InChI is InChI=1S/C15H22BrN3O2S/c1-10(2)18-6-8-19(9-7-18)15(21)11(3)17-14(20)12-4-5-13(16)22-12/h4-5,10-11H,6-9H2,1-3H3,(H,17,20). The van der Waals surface area contributed by atoms with Crippen LogP contribution in [0.3, 0.4) is 0 Å². The number of carbonyl (C=O) groups is 2. The van der Waals surface area contributed by atoms with E-state index in [-0.39, 0.29) is 11.8 Å². The van der Waals surface area contributed by atoms with E-state index in [1.807, 2.05) is 11.0 Å². The van der Waals surface area contributed by atoms with Gasteiger partial charge in [0.15, 0.2) is 0 Å². The van der Waals surface area contributed by atoms with Gasteiger partial charge < -0.3 is 10.2 Å². The second kappa shape index (κ2) is 7.57. The molecule has 5 nitrogen and oxygen atoms in total. The van der Waals surface area contributed by atoms with E-state index in [4.69, 9.17) is 0 Å². The first-order valence-corrected chi connectivity index (χ1v) is 9.08. The van der Waals surface area contributed by atoms with Crippen LogP contribution in [-0.2, 0) is 4.79 Å². The van der Waals surface area contributed by atoms with Crippen LogP contribution in [-0.4, -0.2) is 59.9 Å². The molecule has 1 unspecified atom stereocenters. The van der Waals surface area contributed by atoms with Crippen LogP contribution in [0.25, 0.3) is 0 Å².